The van der Waals surface area contributed by atoms with E-state index in [9.17, 15) is 13.2 Å². The number of benzene rings is 2. The molecule has 0 atom stereocenters. The Balaban J connectivity index is 2.08. The normalized spacial score (nSPS) is 11.5. The summed E-state index contributed by atoms with van der Waals surface area (Å²) in [5, 5.41) is 0. The van der Waals surface area contributed by atoms with Gasteiger partial charge in [-0.3, -0.25) is 4.79 Å². The molecule has 7 heteroatoms. The maximum absolute atomic E-state index is 12.6. The van der Waals surface area contributed by atoms with E-state index in [1.165, 1.54) is 12.1 Å². The molecule has 1 N–H and O–H groups in total. The van der Waals surface area contributed by atoms with Crippen LogP contribution in [0.2, 0.25) is 0 Å². The first kappa shape index (κ1) is 20.9. The van der Waals surface area contributed by atoms with Crippen molar-refractivity contribution in [1.82, 2.24) is 9.62 Å². The molecule has 0 unspecified atom stereocenters. The monoisotopic (exact) mass is 389 g/mol. The Hall–Kier alpha value is -2.38. The van der Waals surface area contributed by atoms with Crippen LogP contribution < -0.4 is 9.62 Å². The van der Waals surface area contributed by atoms with Gasteiger partial charge in [0.15, 0.2) is 0 Å². The van der Waals surface area contributed by atoms with Gasteiger partial charge in [0.1, 0.15) is 0 Å². The van der Waals surface area contributed by atoms with Gasteiger partial charge in [0.05, 0.1) is 4.90 Å². The molecular weight excluding hydrogens is 362 g/mol. The molecule has 0 spiro atoms. The van der Waals surface area contributed by atoms with Crippen molar-refractivity contribution in [1.29, 1.82) is 0 Å². The van der Waals surface area contributed by atoms with Crippen molar-refractivity contribution in [3.05, 3.63) is 59.7 Å². The summed E-state index contributed by atoms with van der Waals surface area (Å²) in [4.78, 5) is 16.4. The Morgan fingerprint density at radius 3 is 2.00 bits per heavy atom. The number of carbonyl (C=O) groups excluding carboxylic acids is 1. The lowest BCUT2D eigenvalue weighted by Gasteiger charge is -2.19. The zero-order chi connectivity index (χ0) is 20.2. The van der Waals surface area contributed by atoms with E-state index < -0.39 is 10.0 Å². The third-order valence-corrected chi connectivity index (χ3v) is 5.70. The van der Waals surface area contributed by atoms with Gasteiger partial charge in [0, 0.05) is 45.0 Å². The zero-order valence-corrected chi connectivity index (χ0v) is 17.2. The molecule has 0 fully saturated rings. The predicted octanol–water partition coefficient (Wildman–Crippen LogP) is 2.71. The highest BCUT2D eigenvalue weighted by atomic mass is 32.2. The Bertz CT molecular complexity index is 874. The summed E-state index contributed by atoms with van der Waals surface area (Å²) < 4.78 is 26.9. The minimum absolute atomic E-state index is 0.148. The predicted molar refractivity (Wildman–Crippen MR) is 108 cm³/mol. The van der Waals surface area contributed by atoms with Gasteiger partial charge in [-0.15, -0.1) is 0 Å². The van der Waals surface area contributed by atoms with Crippen molar-refractivity contribution in [2.45, 2.75) is 31.3 Å². The SMILES string of the molecule is CC(C)NS(=O)(=O)c1ccc(C(=O)N(C)Cc2ccc(N(C)C)cc2)cc1. The molecule has 0 saturated carbocycles. The molecule has 0 aliphatic carbocycles. The molecule has 2 rings (SSSR count). The second kappa shape index (κ2) is 8.54. The summed E-state index contributed by atoms with van der Waals surface area (Å²) in [7, 11) is 2.12. The second-order valence-electron chi connectivity index (χ2n) is 7.02. The van der Waals surface area contributed by atoms with Crippen molar-refractivity contribution >= 4 is 21.6 Å². The van der Waals surface area contributed by atoms with Gasteiger partial charge >= 0.3 is 0 Å². The molecule has 0 radical (unpaired) electrons. The van der Waals surface area contributed by atoms with Gasteiger partial charge in [-0.25, -0.2) is 13.1 Å². The first-order chi connectivity index (χ1) is 12.6. The van der Waals surface area contributed by atoms with Gasteiger partial charge in [-0.1, -0.05) is 12.1 Å². The molecule has 1 amide bonds. The van der Waals surface area contributed by atoms with E-state index in [0.29, 0.717) is 12.1 Å². The standard InChI is InChI=1S/C20H27N3O3S/c1-15(2)21-27(25,26)19-12-8-17(9-13-19)20(24)23(5)14-16-6-10-18(11-7-16)22(3)4/h6-13,15,21H,14H2,1-5H3. The van der Waals surface area contributed by atoms with Gasteiger partial charge in [0.25, 0.3) is 5.91 Å². The van der Waals surface area contributed by atoms with Crippen LogP contribution in [0.15, 0.2) is 53.4 Å². The van der Waals surface area contributed by atoms with Crippen molar-refractivity contribution in [2.75, 3.05) is 26.0 Å². The lowest BCUT2D eigenvalue weighted by Crippen LogP contribution is -2.30. The number of hydrogen-bond acceptors (Lipinski definition) is 4. The van der Waals surface area contributed by atoms with Crippen LogP contribution in [0.1, 0.15) is 29.8 Å². The van der Waals surface area contributed by atoms with Crippen molar-refractivity contribution < 1.29 is 13.2 Å². The van der Waals surface area contributed by atoms with E-state index in [0.717, 1.165) is 11.3 Å². The second-order valence-corrected chi connectivity index (χ2v) is 8.74. The number of nitrogens with zero attached hydrogens (tertiary/aromatic N) is 2. The first-order valence-corrected chi connectivity index (χ1v) is 10.2. The molecule has 146 valence electrons. The van der Waals surface area contributed by atoms with Crippen molar-refractivity contribution in [3.8, 4) is 0 Å². The molecular formula is C20H27N3O3S. The van der Waals surface area contributed by atoms with Crippen LogP contribution in [0.5, 0.6) is 0 Å². The fourth-order valence-electron chi connectivity index (χ4n) is 2.62. The minimum atomic E-state index is -3.56. The van der Waals surface area contributed by atoms with E-state index in [4.69, 9.17) is 0 Å². The molecule has 2 aromatic carbocycles. The Labute approximate surface area is 161 Å². The minimum Gasteiger partial charge on any atom is -0.378 e. The summed E-state index contributed by atoms with van der Waals surface area (Å²) in [5.41, 5.74) is 2.57. The molecule has 0 aliphatic rings. The fraction of sp³-hybridized carbons (Fsp3) is 0.350. The molecule has 27 heavy (non-hydrogen) atoms. The van der Waals surface area contributed by atoms with E-state index in [1.54, 1.807) is 37.9 Å². The van der Waals surface area contributed by atoms with Crippen LogP contribution in [0, 0.1) is 0 Å². The highest BCUT2D eigenvalue weighted by molar-refractivity contribution is 7.89. The topological polar surface area (TPSA) is 69.7 Å². The van der Waals surface area contributed by atoms with Gasteiger partial charge in [0.2, 0.25) is 10.0 Å². The number of hydrogen-bond donors (Lipinski definition) is 1. The zero-order valence-electron chi connectivity index (χ0n) is 16.4. The number of nitrogens with one attached hydrogen (secondary N) is 1. The number of amides is 1. The number of rotatable bonds is 7. The maximum Gasteiger partial charge on any atom is 0.253 e. The lowest BCUT2D eigenvalue weighted by atomic mass is 10.1. The van der Waals surface area contributed by atoms with Crippen LogP contribution in [-0.4, -0.2) is 46.4 Å². The largest absolute Gasteiger partial charge is 0.378 e. The third-order valence-electron chi connectivity index (χ3n) is 4.02. The van der Waals surface area contributed by atoms with E-state index >= 15 is 0 Å². The highest BCUT2D eigenvalue weighted by Gasteiger charge is 2.17. The molecule has 6 nitrogen and oxygen atoms in total. The van der Waals surface area contributed by atoms with E-state index in [-0.39, 0.29) is 16.8 Å². The van der Waals surface area contributed by atoms with Crippen molar-refractivity contribution in [3.63, 3.8) is 0 Å². The Kier molecular flexibility index (Phi) is 6.62. The van der Waals surface area contributed by atoms with Crippen LogP contribution in [-0.2, 0) is 16.6 Å². The smallest absolute Gasteiger partial charge is 0.253 e. The molecule has 0 heterocycles. The van der Waals surface area contributed by atoms with Gasteiger partial charge < -0.3 is 9.80 Å². The highest BCUT2D eigenvalue weighted by Crippen LogP contribution is 2.16. The lowest BCUT2D eigenvalue weighted by molar-refractivity contribution is 0.0785. The average molecular weight is 390 g/mol. The summed E-state index contributed by atoms with van der Waals surface area (Å²) in [6.45, 7) is 3.99. The fourth-order valence-corrected chi connectivity index (χ4v) is 3.87. The number of sulfonamides is 1. The summed E-state index contributed by atoms with van der Waals surface area (Å²) in [6.07, 6.45) is 0. The van der Waals surface area contributed by atoms with E-state index in [2.05, 4.69) is 4.72 Å². The maximum atomic E-state index is 12.6. The van der Waals surface area contributed by atoms with E-state index in [1.807, 2.05) is 43.3 Å². The Morgan fingerprint density at radius 2 is 1.52 bits per heavy atom. The molecule has 0 aromatic heterocycles. The number of carbonyl (C=O) groups is 1. The molecule has 0 saturated heterocycles. The van der Waals surface area contributed by atoms with Crippen LogP contribution in [0.25, 0.3) is 0 Å². The van der Waals surface area contributed by atoms with Crippen molar-refractivity contribution in [2.24, 2.45) is 0 Å². The molecule has 0 bridgehead atoms. The van der Waals surface area contributed by atoms with Crippen LogP contribution >= 0.6 is 0 Å². The summed E-state index contributed by atoms with van der Waals surface area (Å²) in [6, 6.07) is 13.8. The van der Waals surface area contributed by atoms with Gasteiger partial charge in [-0.05, 0) is 55.8 Å². The molecule has 2 aromatic rings. The van der Waals surface area contributed by atoms with Crippen LogP contribution in [0.4, 0.5) is 5.69 Å². The number of anilines is 1. The quantitative estimate of drug-likeness (QED) is 0.790. The third kappa shape index (κ3) is 5.55. The molecule has 0 aliphatic heterocycles. The van der Waals surface area contributed by atoms with Crippen LogP contribution in [0.3, 0.4) is 0 Å². The first-order valence-electron chi connectivity index (χ1n) is 8.74. The van der Waals surface area contributed by atoms with Gasteiger partial charge in [-0.2, -0.15) is 0 Å². The average Bonchev–Trinajstić information content (AvgIpc) is 2.60. The Morgan fingerprint density at radius 1 is 0.963 bits per heavy atom. The summed E-state index contributed by atoms with van der Waals surface area (Å²) in [5.74, 6) is -0.160. The summed E-state index contributed by atoms with van der Waals surface area (Å²) >= 11 is 0.